The Hall–Kier alpha value is -3.39. The van der Waals surface area contributed by atoms with Crippen LogP contribution in [0, 0.1) is 0 Å². The highest BCUT2D eigenvalue weighted by Gasteiger charge is 2.08. The van der Waals surface area contributed by atoms with Crippen LogP contribution < -0.4 is 19.5 Å². The zero-order valence-corrected chi connectivity index (χ0v) is 17.2. The second-order valence-corrected chi connectivity index (χ2v) is 7.02. The van der Waals surface area contributed by atoms with Crippen LogP contribution in [0.5, 0.6) is 17.2 Å². The maximum atomic E-state index is 12.2. The lowest BCUT2D eigenvalue weighted by Gasteiger charge is -2.07. The van der Waals surface area contributed by atoms with Gasteiger partial charge in [-0.1, -0.05) is 29.5 Å². The molecular weight excluding hydrogens is 390 g/mol. The summed E-state index contributed by atoms with van der Waals surface area (Å²) in [6, 6.07) is 13.2. The third kappa shape index (κ3) is 5.55. The molecule has 1 amide bonds. The number of carbonyl (C=O) groups excluding carboxylic acids is 1. The Kier molecular flexibility index (Phi) is 6.80. The number of amides is 1. The Balaban J connectivity index is 1.59. The van der Waals surface area contributed by atoms with E-state index in [-0.39, 0.29) is 5.91 Å². The summed E-state index contributed by atoms with van der Waals surface area (Å²) < 4.78 is 15.6. The zero-order valence-electron chi connectivity index (χ0n) is 16.3. The van der Waals surface area contributed by atoms with Crippen LogP contribution in [0.3, 0.4) is 0 Å². The van der Waals surface area contributed by atoms with Gasteiger partial charge in [0.2, 0.25) is 11.0 Å². The van der Waals surface area contributed by atoms with Crippen molar-refractivity contribution >= 4 is 28.5 Å². The molecule has 0 aliphatic carbocycles. The lowest BCUT2D eigenvalue weighted by molar-refractivity contribution is -0.111. The molecule has 8 heteroatoms. The normalized spacial score (nSPS) is 10.7. The van der Waals surface area contributed by atoms with Gasteiger partial charge in [0.05, 0.1) is 21.3 Å². The number of aromatic nitrogens is 2. The molecule has 0 aliphatic rings. The molecule has 0 bridgehead atoms. The molecule has 0 unspecified atom stereocenters. The second-order valence-electron chi connectivity index (χ2n) is 5.96. The molecule has 3 rings (SSSR count). The number of ether oxygens (including phenoxy) is 3. The third-order valence-electron chi connectivity index (χ3n) is 4.05. The number of methoxy groups -OCH3 is 3. The Bertz CT molecular complexity index is 999. The minimum atomic E-state index is -0.285. The molecule has 0 aliphatic heterocycles. The van der Waals surface area contributed by atoms with Crippen LogP contribution in [0.1, 0.15) is 16.1 Å². The Morgan fingerprint density at radius 2 is 1.76 bits per heavy atom. The van der Waals surface area contributed by atoms with Gasteiger partial charge in [0.1, 0.15) is 10.8 Å². The molecule has 0 atom stereocenters. The predicted molar refractivity (Wildman–Crippen MR) is 113 cm³/mol. The van der Waals surface area contributed by atoms with Crippen molar-refractivity contribution in [2.45, 2.75) is 6.42 Å². The summed E-state index contributed by atoms with van der Waals surface area (Å²) in [6.45, 7) is 0. The molecule has 1 heterocycles. The Labute approximate surface area is 173 Å². The highest BCUT2D eigenvalue weighted by molar-refractivity contribution is 7.15. The fourth-order valence-corrected chi connectivity index (χ4v) is 3.35. The van der Waals surface area contributed by atoms with Crippen molar-refractivity contribution < 1.29 is 19.0 Å². The molecule has 0 saturated carbocycles. The van der Waals surface area contributed by atoms with Crippen molar-refractivity contribution in [3.63, 3.8) is 0 Å². The Morgan fingerprint density at radius 1 is 1.00 bits per heavy atom. The van der Waals surface area contributed by atoms with Gasteiger partial charge in [0, 0.05) is 12.5 Å². The predicted octanol–water partition coefficient (Wildman–Crippen LogP) is 3.81. The summed E-state index contributed by atoms with van der Waals surface area (Å²) in [5.74, 6) is 1.75. The SMILES string of the molecule is COc1ccc(Cc2nnc(NC(=O)C=Cc3ccc(OC)c(OC)c3)s2)cc1. The molecule has 150 valence electrons. The quantitative estimate of drug-likeness (QED) is 0.568. The van der Waals surface area contributed by atoms with Crippen LogP contribution in [-0.4, -0.2) is 37.4 Å². The molecule has 3 aromatic rings. The van der Waals surface area contributed by atoms with Crippen LogP contribution in [0.15, 0.2) is 48.5 Å². The van der Waals surface area contributed by atoms with E-state index in [4.69, 9.17) is 14.2 Å². The third-order valence-corrected chi connectivity index (χ3v) is 4.88. The summed E-state index contributed by atoms with van der Waals surface area (Å²) in [7, 11) is 4.77. The van der Waals surface area contributed by atoms with Gasteiger partial charge in [-0.05, 0) is 41.5 Å². The van der Waals surface area contributed by atoms with E-state index in [1.54, 1.807) is 39.5 Å². The van der Waals surface area contributed by atoms with Gasteiger partial charge in [-0.25, -0.2) is 0 Å². The maximum Gasteiger partial charge on any atom is 0.250 e. The standard InChI is InChI=1S/C21H21N3O4S/c1-26-16-8-4-15(5-9-16)13-20-23-24-21(29-20)22-19(25)11-7-14-6-10-17(27-2)18(12-14)28-3/h4-12H,13H2,1-3H3,(H,22,24,25). The number of rotatable bonds is 8. The van der Waals surface area contributed by atoms with Gasteiger partial charge < -0.3 is 14.2 Å². The van der Waals surface area contributed by atoms with E-state index in [0.29, 0.717) is 23.1 Å². The van der Waals surface area contributed by atoms with E-state index >= 15 is 0 Å². The average molecular weight is 411 g/mol. The first-order chi connectivity index (χ1) is 14.1. The summed E-state index contributed by atoms with van der Waals surface area (Å²) in [5, 5.41) is 12.2. The minimum Gasteiger partial charge on any atom is -0.497 e. The van der Waals surface area contributed by atoms with Crippen molar-refractivity contribution in [2.75, 3.05) is 26.6 Å². The molecule has 0 spiro atoms. The van der Waals surface area contributed by atoms with Gasteiger partial charge >= 0.3 is 0 Å². The summed E-state index contributed by atoms with van der Waals surface area (Å²) in [5.41, 5.74) is 1.91. The van der Waals surface area contributed by atoms with Gasteiger partial charge in [-0.15, -0.1) is 10.2 Å². The zero-order chi connectivity index (χ0) is 20.6. The maximum absolute atomic E-state index is 12.2. The van der Waals surface area contributed by atoms with Crippen LogP contribution in [0.4, 0.5) is 5.13 Å². The lowest BCUT2D eigenvalue weighted by atomic mass is 10.1. The topological polar surface area (TPSA) is 82.6 Å². The molecular formula is C21H21N3O4S. The molecule has 0 fully saturated rings. The first kappa shape index (κ1) is 20.3. The number of carbonyl (C=O) groups is 1. The van der Waals surface area contributed by atoms with Gasteiger partial charge in [0.15, 0.2) is 11.5 Å². The van der Waals surface area contributed by atoms with Crippen LogP contribution in [0.2, 0.25) is 0 Å². The largest absolute Gasteiger partial charge is 0.497 e. The minimum absolute atomic E-state index is 0.285. The number of nitrogens with zero attached hydrogens (tertiary/aromatic N) is 2. The molecule has 1 N–H and O–H groups in total. The first-order valence-corrected chi connectivity index (χ1v) is 9.59. The summed E-state index contributed by atoms with van der Waals surface area (Å²) in [4.78, 5) is 12.2. The molecule has 7 nitrogen and oxygen atoms in total. The molecule has 29 heavy (non-hydrogen) atoms. The first-order valence-electron chi connectivity index (χ1n) is 8.77. The molecule has 0 saturated heterocycles. The van der Waals surface area contributed by atoms with E-state index in [2.05, 4.69) is 15.5 Å². The van der Waals surface area contributed by atoms with E-state index < -0.39 is 0 Å². The monoisotopic (exact) mass is 411 g/mol. The fourth-order valence-electron chi connectivity index (χ4n) is 2.57. The van der Waals surface area contributed by atoms with E-state index in [9.17, 15) is 4.79 Å². The van der Waals surface area contributed by atoms with Crippen molar-refractivity contribution in [3.05, 3.63) is 64.7 Å². The smallest absolute Gasteiger partial charge is 0.250 e. The average Bonchev–Trinajstić information content (AvgIpc) is 3.19. The number of anilines is 1. The number of hydrogen-bond acceptors (Lipinski definition) is 7. The number of hydrogen-bond donors (Lipinski definition) is 1. The van der Waals surface area contributed by atoms with Crippen LogP contribution >= 0.6 is 11.3 Å². The molecule has 0 radical (unpaired) electrons. The van der Waals surface area contributed by atoms with Crippen LogP contribution in [0.25, 0.3) is 6.08 Å². The number of nitrogens with one attached hydrogen (secondary N) is 1. The molecule has 1 aromatic heterocycles. The highest BCUT2D eigenvalue weighted by Crippen LogP contribution is 2.28. The van der Waals surface area contributed by atoms with Crippen molar-refractivity contribution in [3.8, 4) is 17.2 Å². The van der Waals surface area contributed by atoms with E-state index in [0.717, 1.165) is 21.9 Å². The van der Waals surface area contributed by atoms with Gasteiger partial charge in [-0.2, -0.15) is 0 Å². The highest BCUT2D eigenvalue weighted by atomic mass is 32.1. The summed E-state index contributed by atoms with van der Waals surface area (Å²) in [6.07, 6.45) is 3.77. The summed E-state index contributed by atoms with van der Waals surface area (Å²) >= 11 is 1.34. The lowest BCUT2D eigenvalue weighted by Crippen LogP contribution is -2.07. The fraction of sp³-hybridized carbons (Fsp3) is 0.190. The number of benzene rings is 2. The molecule has 2 aromatic carbocycles. The van der Waals surface area contributed by atoms with E-state index in [1.165, 1.54) is 17.4 Å². The second kappa shape index (κ2) is 9.70. The van der Waals surface area contributed by atoms with Crippen molar-refractivity contribution in [1.82, 2.24) is 10.2 Å². The van der Waals surface area contributed by atoms with Crippen molar-refractivity contribution in [2.24, 2.45) is 0 Å². The Morgan fingerprint density at radius 3 is 2.45 bits per heavy atom. The van der Waals surface area contributed by atoms with Crippen LogP contribution in [-0.2, 0) is 11.2 Å². The van der Waals surface area contributed by atoms with Gasteiger partial charge in [0.25, 0.3) is 0 Å². The van der Waals surface area contributed by atoms with Crippen molar-refractivity contribution in [1.29, 1.82) is 0 Å². The van der Waals surface area contributed by atoms with E-state index in [1.807, 2.05) is 30.3 Å². The van der Waals surface area contributed by atoms with Gasteiger partial charge in [-0.3, -0.25) is 10.1 Å².